The van der Waals surface area contributed by atoms with Crippen LogP contribution < -0.4 is 5.32 Å². The molecule has 1 atom stereocenters. The average molecular weight is 216 g/mol. The normalized spacial score (nSPS) is 12.6. The minimum absolute atomic E-state index is 0.346. The van der Waals surface area contributed by atoms with E-state index in [2.05, 4.69) is 22.3 Å². The highest BCUT2D eigenvalue weighted by Crippen LogP contribution is 2.09. The van der Waals surface area contributed by atoms with E-state index in [9.17, 15) is 0 Å². The van der Waals surface area contributed by atoms with Gasteiger partial charge in [0.1, 0.15) is 0 Å². The third kappa shape index (κ3) is 2.90. The predicted molar refractivity (Wildman–Crippen MR) is 62.9 cm³/mol. The Balaban J connectivity index is 1.78. The van der Waals surface area contributed by atoms with E-state index >= 15 is 0 Å². The largest absolute Gasteiger partial charge is 0.308 e. The molecule has 0 amide bonds. The van der Waals surface area contributed by atoms with E-state index in [1.165, 1.54) is 5.56 Å². The number of aromatic nitrogens is 3. The van der Waals surface area contributed by atoms with Crippen LogP contribution in [0.1, 0.15) is 18.5 Å². The van der Waals surface area contributed by atoms with Crippen molar-refractivity contribution in [1.29, 1.82) is 0 Å². The van der Waals surface area contributed by atoms with E-state index in [0.717, 1.165) is 13.1 Å². The molecular formula is C12H16N4. The zero-order chi connectivity index (χ0) is 11.2. The van der Waals surface area contributed by atoms with E-state index in [1.807, 2.05) is 41.5 Å². The SMILES string of the molecule is CC(NCCn1cccn1)c1ccncc1. The van der Waals surface area contributed by atoms with Crippen LogP contribution >= 0.6 is 0 Å². The van der Waals surface area contributed by atoms with Crippen LogP contribution in [0.15, 0.2) is 43.0 Å². The zero-order valence-electron chi connectivity index (χ0n) is 9.37. The lowest BCUT2D eigenvalue weighted by molar-refractivity contribution is 0.507. The van der Waals surface area contributed by atoms with Gasteiger partial charge in [-0.25, -0.2) is 0 Å². The van der Waals surface area contributed by atoms with Crippen molar-refractivity contribution < 1.29 is 0 Å². The van der Waals surface area contributed by atoms with Crippen molar-refractivity contribution in [2.75, 3.05) is 6.54 Å². The molecule has 4 nitrogen and oxygen atoms in total. The van der Waals surface area contributed by atoms with Crippen molar-refractivity contribution in [3.63, 3.8) is 0 Å². The molecule has 0 aromatic carbocycles. The van der Waals surface area contributed by atoms with Gasteiger partial charge in [0.15, 0.2) is 0 Å². The molecule has 0 radical (unpaired) electrons. The molecule has 16 heavy (non-hydrogen) atoms. The van der Waals surface area contributed by atoms with Crippen LogP contribution in [0.25, 0.3) is 0 Å². The van der Waals surface area contributed by atoms with E-state index in [1.54, 1.807) is 6.20 Å². The topological polar surface area (TPSA) is 42.7 Å². The number of nitrogens with one attached hydrogen (secondary N) is 1. The average Bonchev–Trinajstić information content (AvgIpc) is 2.83. The summed E-state index contributed by atoms with van der Waals surface area (Å²) in [7, 11) is 0. The summed E-state index contributed by atoms with van der Waals surface area (Å²) < 4.78 is 1.92. The second-order valence-corrected chi connectivity index (χ2v) is 3.73. The van der Waals surface area contributed by atoms with Gasteiger partial charge in [0.2, 0.25) is 0 Å². The molecule has 0 fully saturated rings. The van der Waals surface area contributed by atoms with Gasteiger partial charge < -0.3 is 5.32 Å². The first-order chi connectivity index (χ1) is 7.86. The number of nitrogens with zero attached hydrogens (tertiary/aromatic N) is 3. The molecule has 0 spiro atoms. The fraction of sp³-hybridized carbons (Fsp3) is 0.333. The molecule has 2 rings (SSSR count). The first-order valence-electron chi connectivity index (χ1n) is 5.47. The molecule has 0 bridgehead atoms. The van der Waals surface area contributed by atoms with Crippen LogP contribution in [0.2, 0.25) is 0 Å². The number of rotatable bonds is 5. The Hall–Kier alpha value is -1.68. The second kappa shape index (κ2) is 5.42. The van der Waals surface area contributed by atoms with Crippen LogP contribution in [0.4, 0.5) is 0 Å². The summed E-state index contributed by atoms with van der Waals surface area (Å²) in [6.45, 7) is 3.95. The van der Waals surface area contributed by atoms with Gasteiger partial charge in [0.25, 0.3) is 0 Å². The van der Waals surface area contributed by atoms with Crippen LogP contribution in [0, 0.1) is 0 Å². The molecule has 84 valence electrons. The molecule has 2 aromatic rings. The smallest absolute Gasteiger partial charge is 0.0534 e. The van der Waals surface area contributed by atoms with Gasteiger partial charge >= 0.3 is 0 Å². The molecule has 0 aliphatic heterocycles. The fourth-order valence-corrected chi connectivity index (χ4v) is 1.60. The van der Waals surface area contributed by atoms with Gasteiger partial charge in [-0.15, -0.1) is 0 Å². The molecule has 2 heterocycles. The third-order valence-electron chi connectivity index (χ3n) is 2.56. The van der Waals surface area contributed by atoms with Gasteiger partial charge in [-0.3, -0.25) is 9.67 Å². The fourth-order valence-electron chi connectivity index (χ4n) is 1.60. The van der Waals surface area contributed by atoms with E-state index in [0.29, 0.717) is 6.04 Å². The lowest BCUT2D eigenvalue weighted by atomic mass is 10.1. The highest BCUT2D eigenvalue weighted by atomic mass is 15.3. The van der Waals surface area contributed by atoms with E-state index in [4.69, 9.17) is 0 Å². The maximum atomic E-state index is 4.15. The Bertz CT molecular complexity index is 396. The quantitative estimate of drug-likeness (QED) is 0.826. The summed E-state index contributed by atoms with van der Waals surface area (Å²) in [5.41, 5.74) is 1.26. The molecule has 1 unspecified atom stereocenters. The van der Waals surface area contributed by atoms with Gasteiger partial charge in [0.05, 0.1) is 6.54 Å². The monoisotopic (exact) mass is 216 g/mol. The molecule has 1 N–H and O–H groups in total. The standard InChI is InChI=1S/C12H16N4/c1-11(12-3-6-13-7-4-12)14-8-10-16-9-2-5-15-16/h2-7,9,11,14H,8,10H2,1H3. The van der Waals surface area contributed by atoms with Crippen molar-refractivity contribution >= 4 is 0 Å². The maximum Gasteiger partial charge on any atom is 0.0534 e. The van der Waals surface area contributed by atoms with Crippen molar-refractivity contribution in [3.8, 4) is 0 Å². The molecule has 0 saturated carbocycles. The van der Waals surface area contributed by atoms with E-state index < -0.39 is 0 Å². The Morgan fingerprint density at radius 3 is 2.81 bits per heavy atom. The molecule has 0 aliphatic rings. The maximum absolute atomic E-state index is 4.15. The van der Waals surface area contributed by atoms with Gasteiger partial charge in [-0.05, 0) is 30.7 Å². The van der Waals surface area contributed by atoms with Crippen LogP contribution in [0.5, 0.6) is 0 Å². The first kappa shape index (κ1) is 10.8. The third-order valence-corrected chi connectivity index (χ3v) is 2.56. The number of pyridine rings is 1. The van der Waals surface area contributed by atoms with Gasteiger partial charge in [0, 0.05) is 37.4 Å². The second-order valence-electron chi connectivity index (χ2n) is 3.73. The minimum Gasteiger partial charge on any atom is -0.308 e. The molecule has 0 saturated heterocycles. The van der Waals surface area contributed by atoms with Crippen molar-refractivity contribution in [2.24, 2.45) is 0 Å². The van der Waals surface area contributed by atoms with Gasteiger partial charge in [-0.2, -0.15) is 5.10 Å². The Kier molecular flexibility index (Phi) is 3.66. The zero-order valence-corrected chi connectivity index (χ0v) is 9.37. The predicted octanol–water partition coefficient (Wildman–Crippen LogP) is 1.63. The minimum atomic E-state index is 0.346. The Morgan fingerprint density at radius 2 is 2.12 bits per heavy atom. The summed E-state index contributed by atoms with van der Waals surface area (Å²) in [5, 5.41) is 7.60. The van der Waals surface area contributed by atoms with Crippen molar-refractivity contribution in [1.82, 2.24) is 20.1 Å². The summed E-state index contributed by atoms with van der Waals surface area (Å²) in [6, 6.07) is 6.35. The summed E-state index contributed by atoms with van der Waals surface area (Å²) >= 11 is 0. The molecular weight excluding hydrogens is 200 g/mol. The highest BCUT2D eigenvalue weighted by Gasteiger charge is 2.02. The van der Waals surface area contributed by atoms with Crippen LogP contribution in [-0.2, 0) is 6.54 Å². The number of hydrogen-bond donors (Lipinski definition) is 1. The Morgan fingerprint density at radius 1 is 1.31 bits per heavy atom. The summed E-state index contributed by atoms with van der Waals surface area (Å²) in [6.07, 6.45) is 7.41. The lowest BCUT2D eigenvalue weighted by Crippen LogP contribution is -2.23. The molecule has 2 aromatic heterocycles. The number of hydrogen-bond acceptors (Lipinski definition) is 3. The lowest BCUT2D eigenvalue weighted by Gasteiger charge is -2.13. The highest BCUT2D eigenvalue weighted by molar-refractivity contribution is 5.13. The Labute approximate surface area is 95.3 Å². The van der Waals surface area contributed by atoms with E-state index in [-0.39, 0.29) is 0 Å². The molecule has 0 aliphatic carbocycles. The van der Waals surface area contributed by atoms with Crippen molar-refractivity contribution in [3.05, 3.63) is 48.5 Å². The van der Waals surface area contributed by atoms with Crippen LogP contribution in [-0.4, -0.2) is 21.3 Å². The molecule has 4 heteroatoms. The van der Waals surface area contributed by atoms with Gasteiger partial charge in [-0.1, -0.05) is 0 Å². The first-order valence-corrected chi connectivity index (χ1v) is 5.47. The summed E-state index contributed by atoms with van der Waals surface area (Å²) in [5.74, 6) is 0. The van der Waals surface area contributed by atoms with Crippen LogP contribution in [0.3, 0.4) is 0 Å². The summed E-state index contributed by atoms with van der Waals surface area (Å²) in [4.78, 5) is 4.01. The van der Waals surface area contributed by atoms with Crippen molar-refractivity contribution in [2.45, 2.75) is 19.5 Å².